The Morgan fingerprint density at radius 3 is 2.86 bits per heavy atom. The summed E-state index contributed by atoms with van der Waals surface area (Å²) >= 11 is 0. The molecule has 2 aromatic heterocycles. The first-order chi connectivity index (χ1) is 10.1. The third-order valence-corrected chi connectivity index (χ3v) is 5.14. The third kappa shape index (κ3) is 2.94. The van der Waals surface area contributed by atoms with Crippen molar-refractivity contribution in [2.24, 2.45) is 5.92 Å². The van der Waals surface area contributed by atoms with E-state index in [9.17, 15) is 13.2 Å². The minimum atomic E-state index is -3.08. The summed E-state index contributed by atoms with van der Waals surface area (Å²) in [6.45, 7) is 0. The molecule has 1 amide bonds. The molecule has 0 bridgehead atoms. The van der Waals surface area contributed by atoms with E-state index >= 15 is 0 Å². The van der Waals surface area contributed by atoms with Crippen LogP contribution in [0, 0.1) is 5.92 Å². The average molecular weight is 306 g/mol. The van der Waals surface area contributed by atoms with E-state index in [4.69, 9.17) is 0 Å². The number of carbonyl (C=O) groups excluding carboxylic acids is 1. The lowest BCUT2D eigenvalue weighted by molar-refractivity contribution is -0.119. The molecule has 1 N–H and O–H groups in total. The van der Waals surface area contributed by atoms with Crippen molar-refractivity contribution in [3.63, 3.8) is 0 Å². The Morgan fingerprint density at radius 2 is 2.19 bits per heavy atom. The maximum absolute atomic E-state index is 12.2. The number of amides is 1. The number of nitrogens with zero attached hydrogens (tertiary/aromatic N) is 3. The molecule has 1 atom stereocenters. The van der Waals surface area contributed by atoms with Crippen molar-refractivity contribution >= 4 is 21.4 Å². The van der Waals surface area contributed by atoms with Gasteiger partial charge in [-0.1, -0.05) is 0 Å². The van der Waals surface area contributed by atoms with E-state index in [0.717, 1.165) is 0 Å². The van der Waals surface area contributed by atoms with Crippen LogP contribution in [0.4, 0.5) is 5.69 Å². The number of pyridine rings is 1. The maximum atomic E-state index is 12.2. The van der Waals surface area contributed by atoms with Crippen LogP contribution in [0.1, 0.15) is 6.42 Å². The Kier molecular flexibility index (Phi) is 3.46. The summed E-state index contributed by atoms with van der Waals surface area (Å²) < 4.78 is 24.4. The van der Waals surface area contributed by atoms with Crippen molar-refractivity contribution in [2.75, 3.05) is 16.8 Å². The van der Waals surface area contributed by atoms with E-state index in [0.29, 0.717) is 17.9 Å². The van der Waals surface area contributed by atoms with E-state index in [1.54, 1.807) is 41.5 Å². The van der Waals surface area contributed by atoms with Crippen molar-refractivity contribution in [3.8, 4) is 5.82 Å². The van der Waals surface area contributed by atoms with Gasteiger partial charge in [-0.25, -0.2) is 18.1 Å². The third-order valence-electron chi connectivity index (χ3n) is 3.37. The van der Waals surface area contributed by atoms with Crippen LogP contribution in [0.25, 0.3) is 5.82 Å². The zero-order valence-corrected chi connectivity index (χ0v) is 12.0. The lowest BCUT2D eigenvalue weighted by Crippen LogP contribution is -2.24. The van der Waals surface area contributed by atoms with Gasteiger partial charge in [0.25, 0.3) is 0 Å². The zero-order valence-electron chi connectivity index (χ0n) is 11.1. The van der Waals surface area contributed by atoms with Gasteiger partial charge in [-0.05, 0) is 24.6 Å². The van der Waals surface area contributed by atoms with Crippen molar-refractivity contribution in [1.29, 1.82) is 0 Å². The molecule has 8 heteroatoms. The molecular formula is C13H14N4O3S. The predicted molar refractivity (Wildman–Crippen MR) is 76.7 cm³/mol. The van der Waals surface area contributed by atoms with Gasteiger partial charge in [-0.15, -0.1) is 0 Å². The summed E-state index contributed by atoms with van der Waals surface area (Å²) in [6, 6.07) is 5.17. The standard InChI is InChI=1S/C13H14N4O3S/c18-13(10-4-8-21(19,20)9-10)16-11-3-1-5-14-12(11)17-7-2-6-15-17/h1-3,5-7,10H,4,8-9H2,(H,16,18)/t10-/m0/s1. The molecule has 7 nitrogen and oxygen atoms in total. The fourth-order valence-corrected chi connectivity index (χ4v) is 4.05. The normalized spacial score (nSPS) is 20.3. The highest BCUT2D eigenvalue weighted by molar-refractivity contribution is 7.91. The van der Waals surface area contributed by atoms with Crippen LogP contribution in [-0.2, 0) is 14.6 Å². The van der Waals surface area contributed by atoms with E-state index in [1.165, 1.54) is 0 Å². The summed E-state index contributed by atoms with van der Waals surface area (Å²) in [5.74, 6) is -0.310. The molecule has 3 rings (SSSR count). The molecule has 0 saturated carbocycles. The fourth-order valence-electron chi connectivity index (χ4n) is 2.31. The molecule has 2 aromatic rings. The van der Waals surface area contributed by atoms with E-state index < -0.39 is 15.8 Å². The lowest BCUT2D eigenvalue weighted by atomic mass is 10.1. The molecule has 1 fully saturated rings. The number of anilines is 1. The summed E-state index contributed by atoms with van der Waals surface area (Å²) in [5.41, 5.74) is 0.510. The van der Waals surface area contributed by atoms with Gasteiger partial charge in [0.2, 0.25) is 5.91 Å². The van der Waals surface area contributed by atoms with Gasteiger partial charge >= 0.3 is 0 Å². The minimum absolute atomic E-state index is 0.0736. The van der Waals surface area contributed by atoms with Crippen LogP contribution >= 0.6 is 0 Å². The van der Waals surface area contributed by atoms with Crippen LogP contribution in [0.5, 0.6) is 0 Å². The molecule has 0 spiro atoms. The molecule has 0 aliphatic carbocycles. The van der Waals surface area contributed by atoms with Crippen LogP contribution in [-0.4, -0.2) is 40.6 Å². The molecule has 110 valence electrons. The molecule has 0 aromatic carbocycles. The van der Waals surface area contributed by atoms with Gasteiger partial charge in [0, 0.05) is 18.6 Å². The van der Waals surface area contributed by atoms with Gasteiger partial charge in [-0.2, -0.15) is 5.10 Å². The number of hydrogen-bond donors (Lipinski definition) is 1. The summed E-state index contributed by atoms with van der Waals surface area (Å²) in [7, 11) is -3.08. The average Bonchev–Trinajstić information content (AvgIpc) is 3.08. The number of sulfone groups is 1. The first kappa shape index (κ1) is 13.7. The number of rotatable bonds is 3. The topological polar surface area (TPSA) is 93.9 Å². The Balaban J connectivity index is 1.81. The summed E-state index contributed by atoms with van der Waals surface area (Å²) in [4.78, 5) is 16.4. The molecule has 1 saturated heterocycles. The molecule has 0 unspecified atom stereocenters. The smallest absolute Gasteiger partial charge is 0.228 e. The Bertz CT molecular complexity index is 755. The monoisotopic (exact) mass is 306 g/mol. The Hall–Kier alpha value is -2.22. The highest BCUT2D eigenvalue weighted by atomic mass is 32.2. The zero-order chi connectivity index (χ0) is 14.9. The van der Waals surface area contributed by atoms with Crippen molar-refractivity contribution in [3.05, 3.63) is 36.8 Å². The van der Waals surface area contributed by atoms with Gasteiger partial charge in [0.15, 0.2) is 15.7 Å². The van der Waals surface area contributed by atoms with E-state index in [1.807, 2.05) is 0 Å². The van der Waals surface area contributed by atoms with Crippen molar-refractivity contribution in [1.82, 2.24) is 14.8 Å². The first-order valence-corrected chi connectivity index (χ1v) is 8.34. The summed E-state index contributed by atoms with van der Waals surface area (Å²) in [6.07, 6.45) is 5.31. The van der Waals surface area contributed by atoms with Gasteiger partial charge in [0.1, 0.15) is 0 Å². The molecule has 1 aliphatic rings. The predicted octanol–water partition coefficient (Wildman–Crippen LogP) is 0.640. The van der Waals surface area contributed by atoms with E-state index in [2.05, 4.69) is 15.4 Å². The Morgan fingerprint density at radius 1 is 1.33 bits per heavy atom. The van der Waals surface area contributed by atoms with Crippen molar-refractivity contribution in [2.45, 2.75) is 6.42 Å². The molecule has 3 heterocycles. The quantitative estimate of drug-likeness (QED) is 0.898. The number of aromatic nitrogens is 3. The van der Waals surface area contributed by atoms with E-state index in [-0.39, 0.29) is 17.4 Å². The van der Waals surface area contributed by atoms with Crippen LogP contribution < -0.4 is 5.32 Å². The SMILES string of the molecule is O=C(Nc1cccnc1-n1cccn1)[C@H]1CCS(=O)(=O)C1. The van der Waals surface area contributed by atoms with Gasteiger partial charge in [-0.3, -0.25) is 4.79 Å². The fraction of sp³-hybridized carbons (Fsp3) is 0.308. The second-order valence-electron chi connectivity index (χ2n) is 4.91. The molecule has 1 aliphatic heterocycles. The first-order valence-electron chi connectivity index (χ1n) is 6.51. The van der Waals surface area contributed by atoms with Crippen LogP contribution in [0.2, 0.25) is 0 Å². The largest absolute Gasteiger partial charge is 0.323 e. The highest BCUT2D eigenvalue weighted by Gasteiger charge is 2.33. The lowest BCUT2D eigenvalue weighted by Gasteiger charge is -2.12. The van der Waals surface area contributed by atoms with Gasteiger partial charge in [0.05, 0.1) is 23.1 Å². The highest BCUT2D eigenvalue weighted by Crippen LogP contribution is 2.22. The number of hydrogen-bond acceptors (Lipinski definition) is 5. The minimum Gasteiger partial charge on any atom is -0.323 e. The second-order valence-corrected chi connectivity index (χ2v) is 7.14. The number of carbonyl (C=O) groups is 1. The second kappa shape index (κ2) is 5.28. The molecular weight excluding hydrogens is 292 g/mol. The molecule has 21 heavy (non-hydrogen) atoms. The van der Waals surface area contributed by atoms with Crippen molar-refractivity contribution < 1.29 is 13.2 Å². The van der Waals surface area contributed by atoms with Crippen LogP contribution in [0.3, 0.4) is 0 Å². The Labute approximate surface area is 121 Å². The summed E-state index contributed by atoms with van der Waals surface area (Å²) in [5, 5.41) is 6.83. The van der Waals surface area contributed by atoms with Gasteiger partial charge < -0.3 is 5.32 Å². The molecule has 0 radical (unpaired) electrons. The maximum Gasteiger partial charge on any atom is 0.228 e. The van der Waals surface area contributed by atoms with Crippen LogP contribution in [0.15, 0.2) is 36.8 Å². The number of nitrogens with one attached hydrogen (secondary N) is 1.